The Kier molecular flexibility index (Phi) is 2.08. The molecule has 0 spiro atoms. The molecule has 80 valence electrons. The predicted molar refractivity (Wildman–Crippen MR) is 47.7 cm³/mol. The molecule has 0 fully saturated rings. The Morgan fingerprint density at radius 2 is 1.93 bits per heavy atom. The lowest BCUT2D eigenvalue weighted by atomic mass is 10.1. The van der Waals surface area contributed by atoms with E-state index in [0.29, 0.717) is 0 Å². The summed E-state index contributed by atoms with van der Waals surface area (Å²) in [5.74, 6) is -1.00. The van der Waals surface area contributed by atoms with Crippen molar-refractivity contribution < 1.29 is 23.0 Å². The van der Waals surface area contributed by atoms with Crippen molar-refractivity contribution in [3.63, 3.8) is 0 Å². The highest BCUT2D eigenvalue weighted by Gasteiger charge is 2.46. The van der Waals surface area contributed by atoms with Crippen LogP contribution in [0.1, 0.15) is 17.3 Å². The first-order valence-electron chi connectivity index (χ1n) is 4.00. The van der Waals surface area contributed by atoms with Crippen LogP contribution in [0.5, 0.6) is 11.5 Å². The summed E-state index contributed by atoms with van der Waals surface area (Å²) >= 11 is 5.62. The number of Topliss-reactive ketones (excluding diaryl/α,β-unsaturated/α-hetero) is 1. The van der Waals surface area contributed by atoms with Gasteiger partial charge in [-0.2, -0.15) is 0 Å². The van der Waals surface area contributed by atoms with Gasteiger partial charge in [0.05, 0.1) is 10.6 Å². The largest absolute Gasteiger partial charge is 0.586 e. The molecule has 1 aromatic carbocycles. The lowest BCUT2D eigenvalue weighted by Gasteiger charge is -2.05. The van der Waals surface area contributed by atoms with Gasteiger partial charge in [-0.1, -0.05) is 11.6 Å². The van der Waals surface area contributed by atoms with Crippen LogP contribution in [0.4, 0.5) is 8.78 Å². The number of carbonyl (C=O) groups excluding carboxylic acids is 1. The summed E-state index contributed by atoms with van der Waals surface area (Å²) in [5, 5.41) is -0.0211. The summed E-state index contributed by atoms with van der Waals surface area (Å²) < 4.78 is 33.9. The molecule has 0 saturated heterocycles. The minimum Gasteiger partial charge on any atom is -0.394 e. The molecule has 0 N–H and O–H groups in total. The molecule has 0 radical (unpaired) electrons. The molecule has 6 heteroatoms. The van der Waals surface area contributed by atoms with E-state index in [1.165, 1.54) is 19.1 Å². The average Bonchev–Trinajstić information content (AvgIpc) is 2.41. The van der Waals surface area contributed by atoms with Crippen LogP contribution < -0.4 is 9.47 Å². The molecular weight excluding hydrogens is 230 g/mol. The Bertz CT molecular complexity index is 445. The number of hydrogen-bond donors (Lipinski definition) is 0. The molecule has 0 amide bonds. The van der Waals surface area contributed by atoms with Crippen molar-refractivity contribution in [2.24, 2.45) is 0 Å². The number of rotatable bonds is 1. The van der Waals surface area contributed by atoms with Crippen LogP contribution in [0.25, 0.3) is 0 Å². The lowest BCUT2D eigenvalue weighted by Crippen LogP contribution is -2.26. The first-order valence-corrected chi connectivity index (χ1v) is 4.38. The van der Waals surface area contributed by atoms with Crippen molar-refractivity contribution >= 4 is 17.4 Å². The normalized spacial score (nSPS) is 16.5. The van der Waals surface area contributed by atoms with Crippen molar-refractivity contribution in [2.75, 3.05) is 0 Å². The summed E-state index contributed by atoms with van der Waals surface area (Å²) in [6.07, 6.45) is -3.77. The van der Waals surface area contributed by atoms with Crippen molar-refractivity contribution in [1.29, 1.82) is 0 Å². The molecule has 2 rings (SSSR count). The van der Waals surface area contributed by atoms with Gasteiger partial charge < -0.3 is 9.47 Å². The number of ether oxygens (including phenoxy) is 2. The molecule has 0 atom stereocenters. The Hall–Kier alpha value is -1.36. The fraction of sp³-hybridized carbons (Fsp3) is 0.222. The maximum Gasteiger partial charge on any atom is 0.586 e. The number of fused-ring (bicyclic) bond motifs is 1. The van der Waals surface area contributed by atoms with E-state index in [-0.39, 0.29) is 22.1 Å². The minimum absolute atomic E-state index is 0.0200. The Balaban J connectivity index is 2.60. The van der Waals surface area contributed by atoms with E-state index >= 15 is 0 Å². The lowest BCUT2D eigenvalue weighted by molar-refractivity contribution is -0.286. The van der Waals surface area contributed by atoms with Gasteiger partial charge in [-0.25, -0.2) is 0 Å². The maximum absolute atomic E-state index is 12.7. The van der Waals surface area contributed by atoms with Crippen molar-refractivity contribution in [3.8, 4) is 11.5 Å². The zero-order chi connectivity index (χ0) is 11.2. The van der Waals surface area contributed by atoms with E-state index in [1.807, 2.05) is 0 Å². The van der Waals surface area contributed by atoms with E-state index in [1.54, 1.807) is 0 Å². The third kappa shape index (κ3) is 1.63. The van der Waals surface area contributed by atoms with Gasteiger partial charge in [-0.3, -0.25) is 4.79 Å². The first kappa shape index (κ1) is 10.2. The van der Waals surface area contributed by atoms with Gasteiger partial charge >= 0.3 is 6.29 Å². The maximum atomic E-state index is 12.7. The SMILES string of the molecule is CC(=O)c1ccc(Cl)c2c1OC(F)(F)O2. The van der Waals surface area contributed by atoms with Crippen LogP contribution in [0, 0.1) is 0 Å². The summed E-state index contributed by atoms with van der Waals surface area (Å²) in [5.41, 5.74) is 0.0200. The molecule has 1 aliphatic rings. The van der Waals surface area contributed by atoms with Crippen LogP contribution >= 0.6 is 11.6 Å². The average molecular weight is 235 g/mol. The molecule has 1 aromatic rings. The van der Waals surface area contributed by atoms with Crippen LogP contribution in [0.3, 0.4) is 0 Å². The number of halogens is 3. The van der Waals surface area contributed by atoms with Crippen LogP contribution in [-0.2, 0) is 0 Å². The highest BCUT2D eigenvalue weighted by Crippen LogP contribution is 2.47. The summed E-state index contributed by atoms with van der Waals surface area (Å²) in [7, 11) is 0. The molecule has 3 nitrogen and oxygen atoms in total. The van der Waals surface area contributed by atoms with E-state index in [0.717, 1.165) is 0 Å². The highest BCUT2D eigenvalue weighted by atomic mass is 35.5. The standard InChI is InChI=1S/C9H5ClF2O3/c1-4(13)5-2-3-6(10)8-7(5)14-9(11,12)15-8/h2-3H,1H3. The Labute approximate surface area is 88.5 Å². The molecule has 15 heavy (non-hydrogen) atoms. The number of ketones is 1. The summed E-state index contributed by atoms with van der Waals surface area (Å²) in [4.78, 5) is 11.1. The van der Waals surface area contributed by atoms with Crippen LogP contribution in [-0.4, -0.2) is 12.1 Å². The molecule has 0 aliphatic carbocycles. The number of alkyl halides is 2. The van der Waals surface area contributed by atoms with E-state index in [2.05, 4.69) is 9.47 Å². The van der Waals surface area contributed by atoms with Gasteiger partial charge in [-0.05, 0) is 19.1 Å². The number of carbonyl (C=O) groups is 1. The minimum atomic E-state index is -3.77. The van der Waals surface area contributed by atoms with Gasteiger partial charge in [0, 0.05) is 0 Å². The Morgan fingerprint density at radius 1 is 1.33 bits per heavy atom. The Morgan fingerprint density at radius 3 is 2.53 bits per heavy atom. The topological polar surface area (TPSA) is 35.5 Å². The molecule has 0 unspecified atom stereocenters. The first-order chi connectivity index (χ1) is 6.91. The predicted octanol–water partition coefficient (Wildman–Crippen LogP) is 2.86. The molecular formula is C9H5ClF2O3. The van der Waals surface area contributed by atoms with Gasteiger partial charge in [0.2, 0.25) is 0 Å². The fourth-order valence-electron chi connectivity index (χ4n) is 1.27. The molecule has 1 aliphatic heterocycles. The van der Waals surface area contributed by atoms with Crippen molar-refractivity contribution in [3.05, 3.63) is 22.7 Å². The second kappa shape index (κ2) is 3.06. The van der Waals surface area contributed by atoms with Crippen molar-refractivity contribution in [2.45, 2.75) is 13.2 Å². The van der Waals surface area contributed by atoms with Crippen LogP contribution in [0.2, 0.25) is 5.02 Å². The zero-order valence-electron chi connectivity index (χ0n) is 7.51. The monoisotopic (exact) mass is 234 g/mol. The van der Waals surface area contributed by atoms with Gasteiger partial charge in [-0.15, -0.1) is 8.78 Å². The molecule has 0 aromatic heterocycles. The number of benzene rings is 1. The summed E-state index contributed by atoms with van der Waals surface area (Å²) in [6.45, 7) is 1.24. The number of hydrogen-bond acceptors (Lipinski definition) is 3. The van der Waals surface area contributed by atoms with E-state index in [4.69, 9.17) is 11.6 Å². The highest BCUT2D eigenvalue weighted by molar-refractivity contribution is 6.32. The zero-order valence-corrected chi connectivity index (χ0v) is 8.27. The third-order valence-corrected chi connectivity index (χ3v) is 2.18. The van der Waals surface area contributed by atoms with Gasteiger partial charge in [0.15, 0.2) is 17.3 Å². The third-order valence-electron chi connectivity index (χ3n) is 1.89. The quantitative estimate of drug-likeness (QED) is 0.701. The molecule has 0 saturated carbocycles. The van der Waals surface area contributed by atoms with E-state index < -0.39 is 12.1 Å². The van der Waals surface area contributed by atoms with E-state index in [9.17, 15) is 13.6 Å². The molecule has 0 bridgehead atoms. The summed E-state index contributed by atoms with van der Waals surface area (Å²) in [6, 6.07) is 2.62. The van der Waals surface area contributed by atoms with Crippen LogP contribution in [0.15, 0.2) is 12.1 Å². The van der Waals surface area contributed by atoms with Gasteiger partial charge in [0.25, 0.3) is 0 Å². The van der Waals surface area contributed by atoms with Gasteiger partial charge in [0.1, 0.15) is 0 Å². The second-order valence-corrected chi connectivity index (χ2v) is 3.38. The fourth-order valence-corrected chi connectivity index (χ4v) is 1.46. The van der Waals surface area contributed by atoms with Crippen molar-refractivity contribution in [1.82, 2.24) is 0 Å². The smallest absolute Gasteiger partial charge is 0.394 e. The molecule has 1 heterocycles. The second-order valence-electron chi connectivity index (χ2n) is 2.98.